The predicted octanol–water partition coefficient (Wildman–Crippen LogP) is 8.00. The number of rotatable bonds is 11. The Morgan fingerprint density at radius 2 is 1.54 bits per heavy atom. The lowest BCUT2D eigenvalue weighted by Crippen LogP contribution is -2.29. The molecule has 0 aliphatic rings. The lowest BCUT2D eigenvalue weighted by atomic mass is 9.93. The van der Waals surface area contributed by atoms with E-state index in [0.717, 1.165) is 29.7 Å². The van der Waals surface area contributed by atoms with E-state index in [1.165, 1.54) is 0 Å². The maximum absolute atomic E-state index is 13.7. The molecular weight excluding hydrogens is 490 g/mol. The number of aryl methyl sites for hydroxylation is 1. The van der Waals surface area contributed by atoms with Gasteiger partial charge in [0.1, 0.15) is 17.2 Å². The predicted molar refractivity (Wildman–Crippen MR) is 161 cm³/mol. The molecule has 2 aromatic carbocycles. The highest BCUT2D eigenvalue weighted by Gasteiger charge is 2.21. The first-order valence-corrected chi connectivity index (χ1v) is 13.9. The number of carbonyl (C=O) groups excluding carboxylic acids is 1. The van der Waals surface area contributed by atoms with Gasteiger partial charge in [-0.1, -0.05) is 59.2 Å². The van der Waals surface area contributed by atoms with Crippen molar-refractivity contribution in [2.45, 2.75) is 85.8 Å². The van der Waals surface area contributed by atoms with Gasteiger partial charge in [-0.3, -0.25) is 4.79 Å². The van der Waals surface area contributed by atoms with Crippen LogP contribution in [-0.2, 0) is 6.54 Å². The molecule has 0 aliphatic carbocycles. The van der Waals surface area contributed by atoms with Crippen molar-refractivity contribution in [3.05, 3.63) is 70.1 Å². The lowest BCUT2D eigenvalue weighted by Gasteiger charge is -2.21. The fourth-order valence-corrected chi connectivity index (χ4v) is 4.58. The zero-order valence-corrected chi connectivity index (χ0v) is 24.6. The van der Waals surface area contributed by atoms with Gasteiger partial charge in [-0.05, 0) is 61.4 Å². The van der Waals surface area contributed by atoms with Crippen LogP contribution >= 0.6 is 0 Å². The summed E-state index contributed by atoms with van der Waals surface area (Å²) >= 11 is 0. The Hall–Kier alpha value is -3.74. The molecule has 2 N–H and O–H groups in total. The molecule has 3 aromatic rings. The van der Waals surface area contributed by atoms with Gasteiger partial charge in [0.2, 0.25) is 0 Å². The number of aromatic nitrogens is 1. The summed E-state index contributed by atoms with van der Waals surface area (Å²) in [4.78, 5) is 27.3. The van der Waals surface area contributed by atoms with Gasteiger partial charge in [-0.15, -0.1) is 0 Å². The zero-order chi connectivity index (χ0) is 28.7. The van der Waals surface area contributed by atoms with Gasteiger partial charge in [0.25, 0.3) is 5.56 Å². The number of pyridine rings is 1. The molecule has 0 spiro atoms. The summed E-state index contributed by atoms with van der Waals surface area (Å²) in [6.45, 7) is 14.9. The number of nitrogens with one attached hydrogen (secondary N) is 2. The minimum atomic E-state index is -0.462. The van der Waals surface area contributed by atoms with Crippen LogP contribution in [0, 0.1) is 0 Å². The number of benzene rings is 2. The smallest absolute Gasteiger partial charge is 0.323 e. The highest BCUT2D eigenvalue weighted by Crippen LogP contribution is 2.37. The summed E-state index contributed by atoms with van der Waals surface area (Å²) in [5.41, 5.74) is 4.12. The van der Waals surface area contributed by atoms with E-state index >= 15 is 0 Å². The monoisotopic (exact) mass is 533 g/mol. The molecule has 0 saturated carbocycles. The number of unbranched alkanes of at least 4 members (excludes halogenated alkanes) is 1. The molecule has 3 rings (SSSR count). The minimum Gasteiger partial charge on any atom is -0.497 e. The van der Waals surface area contributed by atoms with Crippen molar-refractivity contribution in [1.82, 2.24) is 4.57 Å². The summed E-state index contributed by atoms with van der Waals surface area (Å²) < 4.78 is 13.2. The molecule has 7 nitrogen and oxygen atoms in total. The van der Waals surface area contributed by atoms with Gasteiger partial charge in [0.15, 0.2) is 0 Å². The molecule has 0 unspecified atom stereocenters. The number of nitrogens with zero attached hydrogens (tertiary/aromatic N) is 1. The number of anilines is 2. The third kappa shape index (κ3) is 7.22. The van der Waals surface area contributed by atoms with Gasteiger partial charge < -0.3 is 24.7 Å². The van der Waals surface area contributed by atoms with Crippen LogP contribution in [0.5, 0.6) is 11.5 Å². The standard InChI is InChI=1S/C32H43N3O4/c1-9-10-17-35-18-16-27(26-15-14-23(38-8)19-28(26)39-22(6)7)30(31(35)36)34-32(37)33-29-24(20(2)3)12-11-13-25(29)21(4)5/h11-16,18-22H,9-10,17H2,1-8H3,(H2,33,34,37). The molecule has 2 amide bonds. The summed E-state index contributed by atoms with van der Waals surface area (Å²) in [6, 6.07) is 13.0. The van der Waals surface area contributed by atoms with Crippen molar-refractivity contribution < 1.29 is 14.3 Å². The lowest BCUT2D eigenvalue weighted by molar-refractivity contribution is 0.242. The van der Waals surface area contributed by atoms with Crippen LogP contribution in [0.1, 0.15) is 84.3 Å². The maximum atomic E-state index is 13.7. The molecule has 0 radical (unpaired) electrons. The number of methoxy groups -OCH3 is 1. The van der Waals surface area contributed by atoms with Crippen molar-refractivity contribution >= 4 is 17.4 Å². The van der Waals surface area contributed by atoms with Crippen LogP contribution in [0.4, 0.5) is 16.2 Å². The number of para-hydroxylation sites is 1. The normalized spacial score (nSPS) is 11.3. The molecule has 39 heavy (non-hydrogen) atoms. The summed E-state index contributed by atoms with van der Waals surface area (Å²) in [5, 5.41) is 5.99. The Kier molecular flexibility index (Phi) is 10.2. The summed E-state index contributed by atoms with van der Waals surface area (Å²) in [6.07, 6.45) is 3.49. The van der Waals surface area contributed by atoms with E-state index < -0.39 is 6.03 Å². The molecule has 0 bridgehead atoms. The van der Waals surface area contributed by atoms with Crippen molar-refractivity contribution in [2.75, 3.05) is 17.7 Å². The number of hydrogen-bond donors (Lipinski definition) is 2. The first kappa shape index (κ1) is 29.8. The van der Waals surface area contributed by atoms with E-state index in [1.807, 2.05) is 50.2 Å². The molecule has 210 valence electrons. The molecular formula is C32H43N3O4. The van der Waals surface area contributed by atoms with Gasteiger partial charge in [-0.2, -0.15) is 0 Å². The SMILES string of the molecule is CCCCn1ccc(-c2ccc(OC)cc2OC(C)C)c(NC(=O)Nc2c(C(C)C)cccc2C(C)C)c1=O. The quantitative estimate of drug-likeness (QED) is 0.262. The Morgan fingerprint density at radius 1 is 0.897 bits per heavy atom. The van der Waals surface area contributed by atoms with Gasteiger partial charge in [0, 0.05) is 35.6 Å². The summed E-state index contributed by atoms with van der Waals surface area (Å²) in [7, 11) is 1.60. The van der Waals surface area contributed by atoms with Crippen molar-refractivity contribution in [3.8, 4) is 22.6 Å². The highest BCUT2D eigenvalue weighted by molar-refractivity contribution is 6.03. The number of hydrogen-bond acceptors (Lipinski definition) is 4. The molecule has 1 heterocycles. The second-order valence-corrected chi connectivity index (χ2v) is 10.7. The Bertz CT molecular complexity index is 1320. The number of ether oxygens (including phenoxy) is 2. The van der Waals surface area contributed by atoms with Crippen molar-refractivity contribution in [3.63, 3.8) is 0 Å². The van der Waals surface area contributed by atoms with Crippen LogP contribution in [0.25, 0.3) is 11.1 Å². The highest BCUT2D eigenvalue weighted by atomic mass is 16.5. The Labute approximate surface area is 232 Å². The zero-order valence-electron chi connectivity index (χ0n) is 24.6. The van der Waals surface area contributed by atoms with Crippen molar-refractivity contribution in [1.29, 1.82) is 0 Å². The Morgan fingerprint density at radius 3 is 2.10 bits per heavy atom. The third-order valence-electron chi connectivity index (χ3n) is 6.61. The van der Waals surface area contributed by atoms with Crippen LogP contribution in [0.2, 0.25) is 0 Å². The molecule has 0 atom stereocenters. The van der Waals surface area contributed by atoms with Gasteiger partial charge in [0.05, 0.1) is 13.2 Å². The topological polar surface area (TPSA) is 81.6 Å². The van der Waals surface area contributed by atoms with Crippen LogP contribution in [0.15, 0.2) is 53.5 Å². The number of amides is 2. The summed E-state index contributed by atoms with van der Waals surface area (Å²) in [5.74, 6) is 1.65. The van der Waals surface area contributed by atoms with E-state index in [2.05, 4.69) is 45.3 Å². The number of urea groups is 1. The first-order valence-electron chi connectivity index (χ1n) is 13.9. The fraction of sp³-hybridized carbons (Fsp3) is 0.438. The molecule has 1 aromatic heterocycles. The van der Waals surface area contributed by atoms with E-state index in [1.54, 1.807) is 23.9 Å². The van der Waals surface area contributed by atoms with Crippen LogP contribution in [0.3, 0.4) is 0 Å². The van der Waals surface area contributed by atoms with E-state index in [0.29, 0.717) is 29.2 Å². The first-order chi connectivity index (χ1) is 18.6. The largest absolute Gasteiger partial charge is 0.497 e. The fourth-order valence-electron chi connectivity index (χ4n) is 4.58. The maximum Gasteiger partial charge on any atom is 0.323 e. The van der Waals surface area contributed by atoms with Gasteiger partial charge >= 0.3 is 6.03 Å². The van der Waals surface area contributed by atoms with Crippen molar-refractivity contribution in [2.24, 2.45) is 0 Å². The molecule has 0 saturated heterocycles. The van der Waals surface area contributed by atoms with Crippen LogP contribution < -0.4 is 25.7 Å². The molecule has 0 aliphatic heterocycles. The minimum absolute atomic E-state index is 0.0949. The van der Waals surface area contributed by atoms with Crippen LogP contribution in [-0.4, -0.2) is 23.8 Å². The van der Waals surface area contributed by atoms with E-state index in [-0.39, 0.29) is 29.2 Å². The molecule has 7 heteroatoms. The second kappa shape index (κ2) is 13.4. The third-order valence-corrected chi connectivity index (χ3v) is 6.61. The van der Waals surface area contributed by atoms with Gasteiger partial charge in [-0.25, -0.2) is 4.79 Å². The average Bonchev–Trinajstić information content (AvgIpc) is 2.88. The van der Waals surface area contributed by atoms with E-state index in [4.69, 9.17) is 9.47 Å². The average molecular weight is 534 g/mol. The second-order valence-electron chi connectivity index (χ2n) is 10.7. The van der Waals surface area contributed by atoms with E-state index in [9.17, 15) is 9.59 Å². The Balaban J connectivity index is 2.12. The number of carbonyl (C=O) groups is 1. The molecule has 0 fully saturated rings.